The Morgan fingerprint density at radius 3 is 2.69 bits per heavy atom. The molecule has 1 aliphatic rings. The van der Waals surface area contributed by atoms with Crippen LogP contribution in [0.3, 0.4) is 0 Å². The quantitative estimate of drug-likeness (QED) is 0.768. The van der Waals surface area contributed by atoms with Crippen molar-refractivity contribution in [1.82, 2.24) is 5.32 Å². The molecule has 26 heavy (non-hydrogen) atoms. The highest BCUT2D eigenvalue weighted by molar-refractivity contribution is 5.91. The lowest BCUT2D eigenvalue weighted by molar-refractivity contribution is -0.116. The van der Waals surface area contributed by atoms with E-state index < -0.39 is 6.61 Å². The molecule has 0 spiro atoms. The highest BCUT2D eigenvalue weighted by Gasteiger charge is 2.12. The summed E-state index contributed by atoms with van der Waals surface area (Å²) in [5.41, 5.74) is 1.74. The van der Waals surface area contributed by atoms with Gasteiger partial charge in [-0.3, -0.25) is 4.79 Å². The number of halogens is 2. The molecule has 3 rings (SSSR count). The van der Waals surface area contributed by atoms with Crippen LogP contribution in [0.2, 0.25) is 0 Å². The molecular formula is C19H17F2NO4. The smallest absolute Gasteiger partial charge is 0.387 e. The SMILES string of the molecule is O=C(/C=C/c1ccc2c(c1)OCO2)NCCc1ccc(OC(F)F)cc1. The van der Waals surface area contributed by atoms with Crippen LogP contribution in [0.1, 0.15) is 11.1 Å². The van der Waals surface area contributed by atoms with Gasteiger partial charge in [0.25, 0.3) is 0 Å². The van der Waals surface area contributed by atoms with Crippen LogP contribution in [0.5, 0.6) is 17.2 Å². The molecule has 0 fully saturated rings. The minimum Gasteiger partial charge on any atom is -0.454 e. The molecule has 0 aliphatic carbocycles. The summed E-state index contributed by atoms with van der Waals surface area (Å²) in [7, 11) is 0. The second-order valence-electron chi connectivity index (χ2n) is 5.51. The van der Waals surface area contributed by atoms with Gasteiger partial charge >= 0.3 is 6.61 Å². The number of amides is 1. The van der Waals surface area contributed by atoms with Gasteiger partial charge in [-0.05, 0) is 47.9 Å². The lowest BCUT2D eigenvalue weighted by atomic mass is 10.1. The second-order valence-corrected chi connectivity index (χ2v) is 5.51. The Labute approximate surface area is 149 Å². The fraction of sp³-hybridized carbons (Fsp3) is 0.211. The molecule has 1 N–H and O–H groups in total. The number of fused-ring (bicyclic) bond motifs is 1. The van der Waals surface area contributed by atoms with E-state index in [2.05, 4.69) is 10.1 Å². The highest BCUT2D eigenvalue weighted by Crippen LogP contribution is 2.32. The van der Waals surface area contributed by atoms with E-state index in [-0.39, 0.29) is 18.4 Å². The fourth-order valence-electron chi connectivity index (χ4n) is 2.42. The van der Waals surface area contributed by atoms with Gasteiger partial charge in [-0.25, -0.2) is 0 Å². The number of benzene rings is 2. The first kappa shape index (κ1) is 17.7. The predicted octanol–water partition coefficient (Wildman–Crippen LogP) is 3.39. The van der Waals surface area contributed by atoms with Crippen molar-refractivity contribution in [2.45, 2.75) is 13.0 Å². The Kier molecular flexibility index (Phi) is 5.68. The molecule has 2 aromatic carbocycles. The van der Waals surface area contributed by atoms with Crippen LogP contribution in [0.25, 0.3) is 6.08 Å². The van der Waals surface area contributed by atoms with E-state index in [1.165, 1.54) is 18.2 Å². The molecule has 7 heteroatoms. The number of hydrogen-bond acceptors (Lipinski definition) is 4. The van der Waals surface area contributed by atoms with Crippen LogP contribution in [-0.4, -0.2) is 25.9 Å². The Bertz CT molecular complexity index is 791. The van der Waals surface area contributed by atoms with Crippen LogP contribution in [0.4, 0.5) is 8.78 Å². The van der Waals surface area contributed by atoms with E-state index >= 15 is 0 Å². The average Bonchev–Trinajstić information content (AvgIpc) is 3.09. The van der Waals surface area contributed by atoms with Gasteiger partial charge in [-0.15, -0.1) is 0 Å². The molecule has 0 radical (unpaired) electrons. The van der Waals surface area contributed by atoms with Crippen molar-refractivity contribution in [2.75, 3.05) is 13.3 Å². The normalized spacial score (nSPS) is 12.6. The number of carbonyl (C=O) groups is 1. The molecule has 5 nitrogen and oxygen atoms in total. The first-order valence-electron chi connectivity index (χ1n) is 7.99. The molecule has 0 bridgehead atoms. The molecule has 1 heterocycles. The van der Waals surface area contributed by atoms with Gasteiger partial charge in [0, 0.05) is 12.6 Å². The third-order valence-corrected chi connectivity index (χ3v) is 3.69. The van der Waals surface area contributed by atoms with Gasteiger partial charge in [0.2, 0.25) is 12.7 Å². The van der Waals surface area contributed by atoms with Gasteiger partial charge in [0.15, 0.2) is 11.5 Å². The molecule has 0 aromatic heterocycles. The first-order valence-corrected chi connectivity index (χ1v) is 7.99. The second kappa shape index (κ2) is 8.33. The van der Waals surface area contributed by atoms with Crippen LogP contribution in [0, 0.1) is 0 Å². The van der Waals surface area contributed by atoms with Crippen molar-refractivity contribution < 1.29 is 27.8 Å². The Balaban J connectivity index is 1.44. The monoisotopic (exact) mass is 361 g/mol. The minimum atomic E-state index is -2.84. The molecule has 2 aromatic rings. The molecular weight excluding hydrogens is 344 g/mol. The largest absolute Gasteiger partial charge is 0.454 e. The summed E-state index contributed by atoms with van der Waals surface area (Å²) in [5.74, 6) is 1.24. The average molecular weight is 361 g/mol. The number of alkyl halides is 2. The number of ether oxygens (including phenoxy) is 3. The highest BCUT2D eigenvalue weighted by atomic mass is 19.3. The van der Waals surface area contributed by atoms with Gasteiger partial charge in [-0.1, -0.05) is 18.2 Å². The van der Waals surface area contributed by atoms with E-state index in [0.29, 0.717) is 24.5 Å². The van der Waals surface area contributed by atoms with Crippen molar-refractivity contribution in [3.63, 3.8) is 0 Å². The van der Waals surface area contributed by atoms with Crippen molar-refractivity contribution in [3.05, 3.63) is 59.7 Å². The van der Waals surface area contributed by atoms with E-state index in [9.17, 15) is 13.6 Å². The third-order valence-electron chi connectivity index (χ3n) is 3.69. The zero-order chi connectivity index (χ0) is 18.4. The lowest BCUT2D eigenvalue weighted by Crippen LogP contribution is -2.23. The summed E-state index contributed by atoms with van der Waals surface area (Å²) < 4.78 is 39.0. The summed E-state index contributed by atoms with van der Waals surface area (Å²) >= 11 is 0. The van der Waals surface area contributed by atoms with Crippen molar-refractivity contribution >= 4 is 12.0 Å². The van der Waals surface area contributed by atoms with E-state index in [0.717, 1.165) is 11.1 Å². The van der Waals surface area contributed by atoms with Crippen LogP contribution >= 0.6 is 0 Å². The molecule has 0 atom stereocenters. The van der Waals surface area contributed by atoms with E-state index in [4.69, 9.17) is 9.47 Å². The summed E-state index contributed by atoms with van der Waals surface area (Å²) in [6.45, 7) is -2.20. The summed E-state index contributed by atoms with van der Waals surface area (Å²) in [6, 6.07) is 11.8. The number of carbonyl (C=O) groups excluding carboxylic acids is 1. The van der Waals surface area contributed by atoms with Gasteiger partial charge < -0.3 is 19.5 Å². The molecule has 0 unspecified atom stereocenters. The number of rotatable bonds is 7. The first-order chi connectivity index (χ1) is 12.6. The van der Waals surface area contributed by atoms with E-state index in [1.807, 2.05) is 6.07 Å². The fourth-order valence-corrected chi connectivity index (χ4v) is 2.42. The van der Waals surface area contributed by atoms with Crippen molar-refractivity contribution in [2.24, 2.45) is 0 Å². The maximum atomic E-state index is 12.1. The zero-order valence-corrected chi connectivity index (χ0v) is 13.8. The summed E-state index contributed by atoms with van der Waals surface area (Å²) in [6.07, 6.45) is 3.71. The maximum absolute atomic E-state index is 12.1. The third kappa shape index (κ3) is 4.95. The Morgan fingerprint density at radius 2 is 1.92 bits per heavy atom. The number of hydrogen-bond donors (Lipinski definition) is 1. The standard InChI is InChI=1S/C19H17F2NO4/c20-19(21)26-15-5-1-13(2-6-15)9-10-22-18(23)8-4-14-3-7-16-17(11-14)25-12-24-16/h1-8,11,19H,9-10,12H2,(H,22,23)/b8-4+. The summed E-state index contributed by atoms with van der Waals surface area (Å²) in [5, 5.41) is 2.77. The Morgan fingerprint density at radius 1 is 1.15 bits per heavy atom. The molecule has 1 aliphatic heterocycles. The van der Waals surface area contributed by atoms with Gasteiger partial charge in [0.05, 0.1) is 0 Å². The summed E-state index contributed by atoms with van der Waals surface area (Å²) in [4.78, 5) is 11.9. The van der Waals surface area contributed by atoms with Crippen molar-refractivity contribution in [1.29, 1.82) is 0 Å². The predicted molar refractivity (Wildman–Crippen MR) is 91.4 cm³/mol. The van der Waals surface area contributed by atoms with Gasteiger partial charge in [-0.2, -0.15) is 8.78 Å². The molecule has 1 amide bonds. The molecule has 0 saturated carbocycles. The van der Waals surface area contributed by atoms with E-state index in [1.54, 1.807) is 30.3 Å². The zero-order valence-electron chi connectivity index (χ0n) is 13.8. The minimum absolute atomic E-state index is 0.111. The van der Waals surface area contributed by atoms with Crippen molar-refractivity contribution in [3.8, 4) is 17.2 Å². The van der Waals surface area contributed by atoms with Crippen LogP contribution < -0.4 is 19.5 Å². The molecule has 136 valence electrons. The van der Waals surface area contributed by atoms with Gasteiger partial charge in [0.1, 0.15) is 5.75 Å². The topological polar surface area (TPSA) is 56.8 Å². The maximum Gasteiger partial charge on any atom is 0.387 e. The number of nitrogens with one attached hydrogen (secondary N) is 1. The Hall–Kier alpha value is -3.09. The lowest BCUT2D eigenvalue weighted by Gasteiger charge is -2.06. The van der Waals surface area contributed by atoms with Crippen LogP contribution in [-0.2, 0) is 11.2 Å². The molecule has 0 saturated heterocycles. The van der Waals surface area contributed by atoms with Crippen LogP contribution in [0.15, 0.2) is 48.5 Å².